The van der Waals surface area contributed by atoms with Gasteiger partial charge >= 0.3 is 0 Å². The molecule has 1 unspecified atom stereocenters. The van der Waals surface area contributed by atoms with Gasteiger partial charge in [-0.1, -0.05) is 18.5 Å². The second-order valence-corrected chi connectivity index (χ2v) is 4.78. The van der Waals surface area contributed by atoms with Gasteiger partial charge in [0.1, 0.15) is 5.60 Å². The van der Waals surface area contributed by atoms with E-state index in [1.165, 1.54) is 0 Å². The highest BCUT2D eigenvalue weighted by molar-refractivity contribution is 6.31. The van der Waals surface area contributed by atoms with E-state index in [1.807, 2.05) is 4.68 Å². The lowest BCUT2D eigenvalue weighted by atomic mass is 9.90. The van der Waals surface area contributed by atoms with Crippen LogP contribution >= 0.6 is 11.6 Å². The molecular weight excluding hydrogens is 226 g/mol. The van der Waals surface area contributed by atoms with Crippen molar-refractivity contribution in [2.75, 3.05) is 13.1 Å². The minimum absolute atomic E-state index is 0.558. The summed E-state index contributed by atoms with van der Waals surface area (Å²) >= 11 is 6.13. The lowest BCUT2D eigenvalue weighted by molar-refractivity contribution is 0.00398. The molecule has 1 fully saturated rings. The molecule has 0 radical (unpaired) electrons. The molecule has 0 aromatic carbocycles. The predicted octanol–water partition coefficient (Wildman–Crippen LogP) is 1.52. The highest BCUT2D eigenvalue weighted by Gasteiger charge is 2.36. The Labute approximate surface area is 101 Å². The van der Waals surface area contributed by atoms with Crippen molar-refractivity contribution in [1.29, 1.82) is 0 Å². The van der Waals surface area contributed by atoms with Gasteiger partial charge in [-0.3, -0.25) is 4.68 Å². The number of hydrogen-bond donors (Lipinski definition) is 2. The van der Waals surface area contributed by atoms with E-state index < -0.39 is 5.60 Å². The Morgan fingerprint density at radius 2 is 2.50 bits per heavy atom. The van der Waals surface area contributed by atoms with Crippen molar-refractivity contribution < 1.29 is 5.11 Å². The monoisotopic (exact) mass is 243 g/mol. The van der Waals surface area contributed by atoms with Gasteiger partial charge in [0.05, 0.1) is 16.9 Å². The molecule has 1 aromatic rings. The first-order valence-electron chi connectivity index (χ1n) is 5.82. The first-order valence-corrected chi connectivity index (χ1v) is 6.20. The molecule has 0 spiro atoms. The Bertz CT molecular complexity index is 358. The van der Waals surface area contributed by atoms with E-state index in [0.29, 0.717) is 11.6 Å². The van der Waals surface area contributed by atoms with Crippen LogP contribution in [0.25, 0.3) is 0 Å². The van der Waals surface area contributed by atoms with Crippen molar-refractivity contribution in [3.05, 3.63) is 16.9 Å². The summed E-state index contributed by atoms with van der Waals surface area (Å²) in [5.74, 6) is 0. The molecule has 1 aromatic heterocycles. The quantitative estimate of drug-likeness (QED) is 0.846. The van der Waals surface area contributed by atoms with Crippen LogP contribution in [0.4, 0.5) is 0 Å². The fraction of sp³-hybridized carbons (Fsp3) is 0.727. The van der Waals surface area contributed by atoms with Gasteiger partial charge in [-0.05, 0) is 25.8 Å². The lowest BCUT2D eigenvalue weighted by Crippen LogP contribution is -2.44. The molecule has 0 amide bonds. The largest absolute Gasteiger partial charge is 0.382 e. The van der Waals surface area contributed by atoms with Crippen molar-refractivity contribution in [3.63, 3.8) is 0 Å². The van der Waals surface area contributed by atoms with Gasteiger partial charge < -0.3 is 10.4 Å². The number of aromatic nitrogens is 2. The summed E-state index contributed by atoms with van der Waals surface area (Å²) < 4.78 is 1.83. The molecule has 0 aliphatic carbocycles. The van der Waals surface area contributed by atoms with E-state index in [1.54, 1.807) is 6.20 Å². The summed E-state index contributed by atoms with van der Waals surface area (Å²) in [6.45, 7) is 4.40. The third-order valence-corrected chi connectivity index (χ3v) is 3.31. The van der Waals surface area contributed by atoms with E-state index in [-0.39, 0.29) is 0 Å². The summed E-state index contributed by atoms with van der Waals surface area (Å²) in [6.07, 6.45) is 4.31. The van der Waals surface area contributed by atoms with Crippen LogP contribution in [0.1, 0.15) is 31.9 Å². The normalized spacial score (nSPS) is 25.9. The predicted molar refractivity (Wildman–Crippen MR) is 63.5 cm³/mol. The summed E-state index contributed by atoms with van der Waals surface area (Å²) in [7, 11) is 0. The van der Waals surface area contributed by atoms with Crippen molar-refractivity contribution in [2.45, 2.75) is 38.3 Å². The van der Waals surface area contributed by atoms with Gasteiger partial charge in [-0.25, -0.2) is 0 Å². The topological polar surface area (TPSA) is 50.1 Å². The zero-order chi connectivity index (χ0) is 11.6. The number of nitrogens with one attached hydrogen (secondary N) is 1. The Kier molecular flexibility index (Phi) is 3.52. The second-order valence-electron chi connectivity index (χ2n) is 4.38. The van der Waals surface area contributed by atoms with Crippen LogP contribution in [0, 0.1) is 0 Å². The average molecular weight is 244 g/mol. The summed E-state index contributed by atoms with van der Waals surface area (Å²) in [5.41, 5.74) is -0.0932. The maximum Gasteiger partial charge on any atom is 0.120 e. The molecule has 0 saturated carbocycles. The zero-order valence-corrected chi connectivity index (χ0v) is 10.3. The van der Waals surface area contributed by atoms with Crippen LogP contribution in [-0.2, 0) is 12.1 Å². The SMILES string of the molecule is CCCn1ncc(Cl)c1C1(O)CCCNC1. The first kappa shape index (κ1) is 11.9. The highest BCUT2D eigenvalue weighted by atomic mass is 35.5. The number of hydrogen-bond acceptors (Lipinski definition) is 3. The van der Waals surface area contributed by atoms with Crippen LogP contribution in [0.15, 0.2) is 6.20 Å². The van der Waals surface area contributed by atoms with Crippen LogP contribution in [0.2, 0.25) is 5.02 Å². The molecule has 90 valence electrons. The van der Waals surface area contributed by atoms with Gasteiger partial charge in [0.15, 0.2) is 0 Å². The van der Waals surface area contributed by atoms with Crippen molar-refractivity contribution in [1.82, 2.24) is 15.1 Å². The molecular formula is C11H18ClN3O. The van der Waals surface area contributed by atoms with Crippen LogP contribution in [-0.4, -0.2) is 28.0 Å². The minimum Gasteiger partial charge on any atom is -0.382 e. The number of nitrogens with zero attached hydrogens (tertiary/aromatic N) is 2. The highest BCUT2D eigenvalue weighted by Crippen LogP contribution is 2.33. The standard InChI is InChI=1S/C11H18ClN3O/c1-2-6-15-10(9(12)7-14-15)11(16)4-3-5-13-8-11/h7,13,16H,2-6,8H2,1H3. The molecule has 2 rings (SSSR count). The van der Waals surface area contributed by atoms with Crippen molar-refractivity contribution >= 4 is 11.6 Å². The number of β-amino-alcohol motifs (C(OH)–C–C–N with tert-alkyl or cyclic N) is 1. The number of rotatable bonds is 3. The van der Waals surface area contributed by atoms with Crippen LogP contribution in [0.3, 0.4) is 0 Å². The molecule has 16 heavy (non-hydrogen) atoms. The number of halogens is 1. The molecule has 2 N–H and O–H groups in total. The van der Waals surface area contributed by atoms with Gasteiger partial charge in [0, 0.05) is 13.1 Å². The Morgan fingerprint density at radius 3 is 3.12 bits per heavy atom. The third kappa shape index (κ3) is 2.10. The molecule has 5 heteroatoms. The average Bonchev–Trinajstić information content (AvgIpc) is 2.62. The maximum atomic E-state index is 10.6. The Balaban J connectivity index is 2.33. The first-order chi connectivity index (χ1) is 7.67. The van der Waals surface area contributed by atoms with E-state index in [9.17, 15) is 5.11 Å². The fourth-order valence-corrected chi connectivity index (χ4v) is 2.62. The summed E-state index contributed by atoms with van der Waals surface area (Å²) in [4.78, 5) is 0. The maximum absolute atomic E-state index is 10.6. The lowest BCUT2D eigenvalue weighted by Gasteiger charge is -2.33. The van der Waals surface area contributed by atoms with Crippen molar-refractivity contribution in [2.24, 2.45) is 0 Å². The molecule has 1 aliphatic rings. The van der Waals surface area contributed by atoms with E-state index in [0.717, 1.165) is 38.0 Å². The molecule has 1 atom stereocenters. The molecule has 2 heterocycles. The van der Waals surface area contributed by atoms with Gasteiger partial charge in [0.25, 0.3) is 0 Å². The molecule has 4 nitrogen and oxygen atoms in total. The summed E-state index contributed by atoms with van der Waals surface area (Å²) in [5, 5.41) is 18.6. The van der Waals surface area contributed by atoms with Crippen LogP contribution in [0.5, 0.6) is 0 Å². The zero-order valence-electron chi connectivity index (χ0n) is 9.54. The smallest absolute Gasteiger partial charge is 0.120 e. The van der Waals surface area contributed by atoms with Crippen molar-refractivity contribution in [3.8, 4) is 0 Å². The van der Waals surface area contributed by atoms with E-state index in [4.69, 9.17) is 11.6 Å². The molecule has 1 aliphatic heterocycles. The number of aliphatic hydroxyl groups is 1. The van der Waals surface area contributed by atoms with Gasteiger partial charge in [-0.2, -0.15) is 5.10 Å². The molecule has 1 saturated heterocycles. The second kappa shape index (κ2) is 4.73. The minimum atomic E-state index is -0.860. The van der Waals surface area contributed by atoms with E-state index >= 15 is 0 Å². The molecule has 0 bridgehead atoms. The van der Waals surface area contributed by atoms with Gasteiger partial charge in [-0.15, -0.1) is 0 Å². The number of aryl methyl sites for hydroxylation is 1. The number of piperidine rings is 1. The third-order valence-electron chi connectivity index (χ3n) is 3.03. The summed E-state index contributed by atoms with van der Waals surface area (Å²) in [6, 6.07) is 0. The van der Waals surface area contributed by atoms with E-state index in [2.05, 4.69) is 17.3 Å². The Hall–Kier alpha value is -0.580. The Morgan fingerprint density at radius 1 is 1.69 bits per heavy atom. The van der Waals surface area contributed by atoms with Gasteiger partial charge in [0.2, 0.25) is 0 Å². The van der Waals surface area contributed by atoms with Crippen LogP contribution < -0.4 is 5.32 Å². The fourth-order valence-electron chi connectivity index (χ4n) is 2.30.